The molecule has 7 heteroatoms. The smallest absolute Gasteiger partial charge is 0.330 e. The zero-order valence-corrected chi connectivity index (χ0v) is 7.88. The lowest BCUT2D eigenvalue weighted by Gasteiger charge is -2.27. The Morgan fingerprint density at radius 2 is 1.73 bits per heavy atom. The number of hydrogen-bond donors (Lipinski definition) is 1. The van der Waals surface area contributed by atoms with Crippen molar-refractivity contribution in [2.75, 3.05) is 6.54 Å². The van der Waals surface area contributed by atoms with Gasteiger partial charge in [-0.05, 0) is 13.0 Å². The number of likely N-dealkylation sites (tertiary alicyclic amines) is 1. The molecule has 1 fully saturated rings. The van der Waals surface area contributed by atoms with Crippen LogP contribution in [0.25, 0.3) is 0 Å². The predicted molar refractivity (Wildman–Crippen MR) is 44.6 cm³/mol. The van der Waals surface area contributed by atoms with Gasteiger partial charge in [-0.3, -0.25) is 14.5 Å². The molecule has 0 aromatic rings. The molecule has 1 rings (SSSR count). The summed E-state index contributed by atoms with van der Waals surface area (Å²) in [6.07, 6.45) is -5.33. The molecule has 0 spiro atoms. The van der Waals surface area contributed by atoms with Crippen molar-refractivity contribution < 1.29 is 22.8 Å². The molecule has 1 heterocycles. The highest BCUT2D eigenvalue weighted by Gasteiger charge is 2.48. The molecule has 1 saturated heterocycles. The van der Waals surface area contributed by atoms with Crippen LogP contribution < -0.4 is 5.73 Å². The molecule has 1 unspecified atom stereocenters. The van der Waals surface area contributed by atoms with Gasteiger partial charge >= 0.3 is 6.18 Å². The Labute approximate surface area is 84.2 Å². The summed E-state index contributed by atoms with van der Waals surface area (Å²) in [5.74, 6) is -1.54. The Bertz CT molecular complexity index is 262. The van der Waals surface area contributed by atoms with E-state index in [9.17, 15) is 22.8 Å². The fraction of sp³-hybridized carbons (Fsp3) is 0.750. The summed E-state index contributed by atoms with van der Waals surface area (Å²) >= 11 is 0. The van der Waals surface area contributed by atoms with Gasteiger partial charge in [-0.2, -0.15) is 13.2 Å². The van der Waals surface area contributed by atoms with E-state index < -0.39 is 30.5 Å². The summed E-state index contributed by atoms with van der Waals surface area (Å²) in [7, 11) is 0. The topological polar surface area (TPSA) is 63.4 Å². The number of imide groups is 1. The van der Waals surface area contributed by atoms with Gasteiger partial charge in [-0.1, -0.05) is 0 Å². The third-order valence-electron chi connectivity index (χ3n) is 2.22. The fourth-order valence-electron chi connectivity index (χ4n) is 1.54. The summed E-state index contributed by atoms with van der Waals surface area (Å²) in [6, 6.07) is -2.06. The molecule has 0 aromatic carbocycles. The highest BCUT2D eigenvalue weighted by molar-refractivity contribution is 6.02. The number of amides is 2. The van der Waals surface area contributed by atoms with Crippen molar-refractivity contribution in [2.45, 2.75) is 31.5 Å². The molecule has 0 aromatic heterocycles. The van der Waals surface area contributed by atoms with Gasteiger partial charge in [0.05, 0.1) is 0 Å². The first-order valence-corrected chi connectivity index (χ1v) is 4.49. The van der Waals surface area contributed by atoms with Crippen molar-refractivity contribution >= 4 is 11.8 Å². The van der Waals surface area contributed by atoms with E-state index >= 15 is 0 Å². The second-order valence-electron chi connectivity index (χ2n) is 3.29. The molecule has 2 N–H and O–H groups in total. The zero-order chi connectivity index (χ0) is 11.6. The lowest BCUT2D eigenvalue weighted by molar-refractivity contribution is -0.191. The third kappa shape index (κ3) is 2.47. The van der Waals surface area contributed by atoms with Crippen LogP contribution in [0.15, 0.2) is 0 Å². The molecule has 1 atom stereocenters. The average Bonchev–Trinajstić information content (AvgIpc) is 2.41. The molecule has 0 radical (unpaired) electrons. The lowest BCUT2D eigenvalue weighted by Crippen LogP contribution is -2.49. The van der Waals surface area contributed by atoms with Gasteiger partial charge < -0.3 is 5.73 Å². The number of nitrogens with zero attached hydrogens (tertiary/aromatic N) is 1. The highest BCUT2D eigenvalue weighted by atomic mass is 19.4. The Hall–Kier alpha value is -1.11. The van der Waals surface area contributed by atoms with Crippen LogP contribution in [0.1, 0.15) is 19.3 Å². The molecular weight excluding hydrogens is 213 g/mol. The number of alkyl halides is 3. The Morgan fingerprint density at radius 3 is 2.07 bits per heavy atom. The van der Waals surface area contributed by atoms with Crippen molar-refractivity contribution in [3.8, 4) is 0 Å². The minimum atomic E-state index is -4.60. The molecular formula is C8H11F3N2O2. The van der Waals surface area contributed by atoms with Crippen LogP contribution in [0.4, 0.5) is 13.2 Å². The van der Waals surface area contributed by atoms with E-state index in [0.717, 1.165) is 0 Å². The number of rotatable bonds is 3. The molecule has 1 aliphatic rings. The van der Waals surface area contributed by atoms with Crippen molar-refractivity contribution in [1.29, 1.82) is 0 Å². The molecule has 1 aliphatic heterocycles. The molecule has 15 heavy (non-hydrogen) atoms. The first-order chi connectivity index (χ1) is 6.88. The summed E-state index contributed by atoms with van der Waals surface area (Å²) in [4.78, 5) is 22.5. The standard InChI is InChI=1S/C8H11F3N2O2/c9-8(10,11)5(3-4-12)13-6(14)1-2-7(13)15/h5H,1-4,12H2. The van der Waals surface area contributed by atoms with E-state index in [0.29, 0.717) is 4.90 Å². The predicted octanol–water partition coefficient (Wildman–Crippen LogP) is 0.415. The number of nitrogens with two attached hydrogens (primary N) is 1. The Morgan fingerprint density at radius 1 is 1.27 bits per heavy atom. The maximum Gasteiger partial charge on any atom is 0.409 e. The van der Waals surface area contributed by atoms with E-state index in [1.807, 2.05) is 0 Å². The maximum absolute atomic E-state index is 12.5. The van der Waals surface area contributed by atoms with Gasteiger partial charge in [0.1, 0.15) is 6.04 Å². The van der Waals surface area contributed by atoms with Crippen molar-refractivity contribution in [3.05, 3.63) is 0 Å². The quantitative estimate of drug-likeness (QED) is 0.706. The van der Waals surface area contributed by atoms with Gasteiger partial charge in [0.15, 0.2) is 0 Å². The van der Waals surface area contributed by atoms with Crippen molar-refractivity contribution in [2.24, 2.45) is 5.73 Å². The van der Waals surface area contributed by atoms with Crippen molar-refractivity contribution in [1.82, 2.24) is 4.90 Å². The first kappa shape index (κ1) is 12.0. The van der Waals surface area contributed by atoms with Crippen LogP contribution in [0.3, 0.4) is 0 Å². The van der Waals surface area contributed by atoms with Crippen molar-refractivity contribution in [3.63, 3.8) is 0 Å². The summed E-state index contributed by atoms with van der Waals surface area (Å²) < 4.78 is 37.5. The maximum atomic E-state index is 12.5. The van der Waals surface area contributed by atoms with Gasteiger partial charge in [-0.15, -0.1) is 0 Å². The van der Waals surface area contributed by atoms with Crippen LogP contribution in [-0.2, 0) is 9.59 Å². The van der Waals surface area contributed by atoms with E-state index in [1.54, 1.807) is 0 Å². The van der Waals surface area contributed by atoms with Crippen LogP contribution in [0, 0.1) is 0 Å². The van der Waals surface area contributed by atoms with Gasteiger partial charge in [-0.25, -0.2) is 0 Å². The first-order valence-electron chi connectivity index (χ1n) is 4.49. The molecule has 0 saturated carbocycles. The SMILES string of the molecule is NCCC(N1C(=O)CCC1=O)C(F)(F)F. The minimum Gasteiger partial charge on any atom is -0.330 e. The van der Waals surface area contributed by atoms with E-state index in [1.165, 1.54) is 0 Å². The molecule has 0 bridgehead atoms. The number of hydrogen-bond acceptors (Lipinski definition) is 3. The normalized spacial score (nSPS) is 19.9. The lowest BCUT2D eigenvalue weighted by atomic mass is 10.1. The Balaban J connectivity index is 2.88. The van der Waals surface area contributed by atoms with Gasteiger partial charge in [0.25, 0.3) is 0 Å². The number of carbonyl (C=O) groups excluding carboxylic acids is 2. The van der Waals surface area contributed by atoms with Crippen LogP contribution in [0.5, 0.6) is 0 Å². The van der Waals surface area contributed by atoms with Gasteiger partial charge in [0, 0.05) is 12.8 Å². The number of halogens is 3. The number of carbonyl (C=O) groups is 2. The largest absolute Gasteiger partial charge is 0.409 e. The van der Waals surface area contributed by atoms with Gasteiger partial charge in [0.2, 0.25) is 11.8 Å². The highest BCUT2D eigenvalue weighted by Crippen LogP contribution is 2.30. The summed E-state index contributed by atoms with van der Waals surface area (Å²) in [5.41, 5.74) is 5.04. The third-order valence-corrected chi connectivity index (χ3v) is 2.22. The van der Waals surface area contributed by atoms with Crippen LogP contribution >= 0.6 is 0 Å². The molecule has 4 nitrogen and oxygen atoms in total. The van der Waals surface area contributed by atoms with Crippen LogP contribution in [-0.4, -0.2) is 35.5 Å². The minimum absolute atomic E-state index is 0.143. The molecule has 0 aliphatic carbocycles. The molecule has 2 amide bonds. The second-order valence-corrected chi connectivity index (χ2v) is 3.29. The zero-order valence-electron chi connectivity index (χ0n) is 7.88. The van der Waals surface area contributed by atoms with E-state index in [4.69, 9.17) is 5.73 Å². The molecule has 86 valence electrons. The second kappa shape index (κ2) is 4.18. The summed E-state index contributed by atoms with van der Waals surface area (Å²) in [5, 5.41) is 0. The Kier molecular flexibility index (Phi) is 3.33. The van der Waals surface area contributed by atoms with E-state index in [2.05, 4.69) is 0 Å². The monoisotopic (exact) mass is 224 g/mol. The summed E-state index contributed by atoms with van der Waals surface area (Å²) in [6.45, 7) is -0.221. The fourth-order valence-corrected chi connectivity index (χ4v) is 1.54. The average molecular weight is 224 g/mol. The van der Waals surface area contributed by atoms with Crippen LogP contribution in [0.2, 0.25) is 0 Å². The van der Waals surface area contributed by atoms with E-state index in [-0.39, 0.29) is 19.4 Å².